The smallest absolute Gasteiger partial charge is 0.343 e. The number of ether oxygens (including phenoxy) is 2. The maximum absolute atomic E-state index is 11.9. The Hall–Kier alpha value is -1.97. The molecular formula is C14H14O4. The Morgan fingerprint density at radius 3 is 2.39 bits per heavy atom. The Morgan fingerprint density at radius 1 is 1.28 bits per heavy atom. The van der Waals surface area contributed by atoms with Crippen LogP contribution >= 0.6 is 0 Å². The molecule has 18 heavy (non-hydrogen) atoms. The van der Waals surface area contributed by atoms with E-state index in [0.717, 1.165) is 6.42 Å². The first-order chi connectivity index (χ1) is 8.66. The van der Waals surface area contributed by atoms with Crippen LogP contribution in [0.3, 0.4) is 0 Å². The molecule has 1 aromatic carbocycles. The van der Waals surface area contributed by atoms with Gasteiger partial charge in [-0.3, -0.25) is 0 Å². The number of aliphatic hydroxyl groups is 1. The fourth-order valence-corrected chi connectivity index (χ4v) is 2.45. The maximum Gasteiger partial charge on any atom is 0.343 e. The topological polar surface area (TPSA) is 55.8 Å². The van der Waals surface area contributed by atoms with Gasteiger partial charge >= 0.3 is 5.97 Å². The van der Waals surface area contributed by atoms with Crippen molar-refractivity contribution in [1.29, 1.82) is 0 Å². The summed E-state index contributed by atoms with van der Waals surface area (Å²) in [5, 5.41) is 10.2. The summed E-state index contributed by atoms with van der Waals surface area (Å²) in [5.41, 5.74) is 0.228. The van der Waals surface area contributed by atoms with Crippen LogP contribution in [0.25, 0.3) is 5.57 Å². The number of hydrogen-bond acceptors (Lipinski definition) is 4. The summed E-state index contributed by atoms with van der Waals surface area (Å²) in [6.45, 7) is 0. The Labute approximate surface area is 105 Å². The lowest BCUT2D eigenvalue weighted by molar-refractivity contribution is -0.154. The van der Waals surface area contributed by atoms with E-state index in [1.54, 1.807) is 31.4 Å². The maximum atomic E-state index is 11.9. The van der Waals surface area contributed by atoms with Gasteiger partial charge in [-0.25, -0.2) is 4.79 Å². The first-order valence-electron chi connectivity index (χ1n) is 5.98. The van der Waals surface area contributed by atoms with Gasteiger partial charge in [0.15, 0.2) is 11.4 Å². The number of benzene rings is 1. The quantitative estimate of drug-likeness (QED) is 0.814. The molecule has 1 spiro atoms. The minimum Gasteiger partial charge on any atom is -0.507 e. The van der Waals surface area contributed by atoms with Crippen molar-refractivity contribution >= 4 is 11.5 Å². The van der Waals surface area contributed by atoms with Crippen LogP contribution < -0.4 is 4.74 Å². The molecule has 1 fully saturated rings. The summed E-state index contributed by atoms with van der Waals surface area (Å²) in [7, 11) is 1.58. The summed E-state index contributed by atoms with van der Waals surface area (Å²) in [4.78, 5) is 11.9. The zero-order valence-electron chi connectivity index (χ0n) is 10.1. The monoisotopic (exact) mass is 246 g/mol. The lowest BCUT2D eigenvalue weighted by Crippen LogP contribution is -2.39. The fourth-order valence-electron chi connectivity index (χ4n) is 2.45. The zero-order chi connectivity index (χ0) is 12.8. The highest BCUT2D eigenvalue weighted by molar-refractivity contribution is 6.19. The number of carbonyl (C=O) groups is 1. The molecule has 0 atom stereocenters. The van der Waals surface area contributed by atoms with Gasteiger partial charge in [0.25, 0.3) is 0 Å². The van der Waals surface area contributed by atoms with Gasteiger partial charge in [0.2, 0.25) is 0 Å². The number of hydrogen-bond donors (Lipinski definition) is 1. The molecule has 1 aliphatic carbocycles. The lowest BCUT2D eigenvalue weighted by Gasteiger charge is -2.36. The van der Waals surface area contributed by atoms with Crippen LogP contribution in [0.2, 0.25) is 0 Å². The molecule has 0 amide bonds. The second-order valence-corrected chi connectivity index (χ2v) is 4.69. The van der Waals surface area contributed by atoms with Crippen molar-refractivity contribution in [3.63, 3.8) is 0 Å². The molecule has 0 unspecified atom stereocenters. The fraction of sp³-hybridized carbons (Fsp3) is 0.357. The number of aliphatic hydroxyl groups excluding tert-OH is 1. The Bertz CT molecular complexity index is 523. The van der Waals surface area contributed by atoms with E-state index in [9.17, 15) is 9.90 Å². The molecule has 94 valence electrons. The van der Waals surface area contributed by atoms with Gasteiger partial charge in [-0.15, -0.1) is 0 Å². The molecule has 4 nitrogen and oxygen atoms in total. The van der Waals surface area contributed by atoms with Crippen molar-refractivity contribution in [2.45, 2.75) is 24.9 Å². The van der Waals surface area contributed by atoms with Gasteiger partial charge in [-0.2, -0.15) is 0 Å². The molecule has 2 aliphatic rings. The van der Waals surface area contributed by atoms with E-state index in [1.807, 2.05) is 0 Å². The van der Waals surface area contributed by atoms with E-state index in [-0.39, 0.29) is 11.3 Å². The van der Waals surface area contributed by atoms with Crippen LogP contribution in [0.1, 0.15) is 24.8 Å². The molecule has 1 saturated carbocycles. The van der Waals surface area contributed by atoms with E-state index in [4.69, 9.17) is 9.47 Å². The summed E-state index contributed by atoms with van der Waals surface area (Å²) < 4.78 is 10.4. The summed E-state index contributed by atoms with van der Waals surface area (Å²) in [5.74, 6) is 0.366. The Balaban J connectivity index is 2.01. The van der Waals surface area contributed by atoms with Crippen LogP contribution in [0, 0.1) is 0 Å². The first kappa shape index (κ1) is 11.1. The third-order valence-corrected chi connectivity index (χ3v) is 3.70. The van der Waals surface area contributed by atoms with Gasteiger partial charge in [0.1, 0.15) is 11.3 Å². The third-order valence-electron chi connectivity index (χ3n) is 3.70. The van der Waals surface area contributed by atoms with Gasteiger partial charge in [-0.05, 0) is 37.0 Å². The second kappa shape index (κ2) is 3.77. The standard InChI is InChI=1S/C14H14O4/c1-17-10-5-3-9(4-6-10)11-12(15)14(7-2-8-14)18-13(11)16/h3-6,15H,2,7-8H2,1H3. The zero-order valence-corrected chi connectivity index (χ0v) is 10.1. The summed E-state index contributed by atoms with van der Waals surface area (Å²) >= 11 is 0. The highest BCUT2D eigenvalue weighted by atomic mass is 16.6. The Kier molecular flexibility index (Phi) is 2.33. The van der Waals surface area contributed by atoms with Crippen molar-refractivity contribution in [1.82, 2.24) is 0 Å². The average Bonchev–Trinajstić information content (AvgIpc) is 2.61. The van der Waals surface area contributed by atoms with Crippen molar-refractivity contribution in [3.8, 4) is 5.75 Å². The van der Waals surface area contributed by atoms with E-state index in [2.05, 4.69) is 0 Å². The predicted molar refractivity (Wildman–Crippen MR) is 65.2 cm³/mol. The third kappa shape index (κ3) is 1.41. The van der Waals surface area contributed by atoms with Gasteiger partial charge in [0.05, 0.1) is 7.11 Å². The Morgan fingerprint density at radius 2 is 1.94 bits per heavy atom. The molecule has 0 aromatic heterocycles. The highest BCUT2D eigenvalue weighted by Crippen LogP contribution is 2.48. The van der Waals surface area contributed by atoms with E-state index in [1.165, 1.54) is 0 Å². The second-order valence-electron chi connectivity index (χ2n) is 4.69. The van der Waals surface area contributed by atoms with Crippen LogP contribution in [0.15, 0.2) is 30.0 Å². The molecule has 1 heterocycles. The largest absolute Gasteiger partial charge is 0.507 e. The molecule has 4 heteroatoms. The summed E-state index contributed by atoms with van der Waals surface area (Å²) in [6.07, 6.45) is 2.40. The van der Waals surface area contributed by atoms with Crippen molar-refractivity contribution < 1.29 is 19.4 Å². The number of carbonyl (C=O) groups excluding carboxylic acids is 1. The number of methoxy groups -OCH3 is 1. The predicted octanol–water partition coefficient (Wildman–Crippen LogP) is 2.44. The molecule has 1 aliphatic heterocycles. The summed E-state index contributed by atoms with van der Waals surface area (Å²) in [6, 6.07) is 7.02. The van der Waals surface area contributed by atoms with Crippen LogP contribution in [-0.2, 0) is 9.53 Å². The van der Waals surface area contributed by atoms with Gasteiger partial charge < -0.3 is 14.6 Å². The molecule has 1 N–H and O–H groups in total. The molecule has 0 saturated heterocycles. The van der Waals surface area contributed by atoms with Gasteiger partial charge in [-0.1, -0.05) is 12.1 Å². The van der Waals surface area contributed by atoms with Crippen LogP contribution in [0.5, 0.6) is 5.75 Å². The van der Waals surface area contributed by atoms with E-state index in [0.29, 0.717) is 24.2 Å². The first-order valence-corrected chi connectivity index (χ1v) is 5.98. The molecular weight excluding hydrogens is 232 g/mol. The van der Waals surface area contributed by atoms with Crippen LogP contribution in [-0.4, -0.2) is 23.8 Å². The molecule has 3 rings (SSSR count). The normalized spacial score (nSPS) is 20.8. The van der Waals surface area contributed by atoms with Gasteiger partial charge in [0, 0.05) is 0 Å². The lowest BCUT2D eigenvalue weighted by atomic mass is 9.78. The van der Waals surface area contributed by atoms with Crippen LogP contribution in [0.4, 0.5) is 0 Å². The SMILES string of the molecule is COc1ccc(C2=C(O)C3(CCC3)OC2=O)cc1. The molecule has 0 radical (unpaired) electrons. The van der Waals surface area contributed by atoms with Crippen molar-refractivity contribution in [2.75, 3.05) is 7.11 Å². The highest BCUT2D eigenvalue weighted by Gasteiger charge is 2.52. The van der Waals surface area contributed by atoms with Crippen molar-refractivity contribution in [2.24, 2.45) is 0 Å². The minimum atomic E-state index is -0.730. The number of esters is 1. The molecule has 0 bridgehead atoms. The minimum absolute atomic E-state index is 0.0870. The van der Waals surface area contributed by atoms with Crippen molar-refractivity contribution in [3.05, 3.63) is 35.6 Å². The average molecular weight is 246 g/mol. The number of rotatable bonds is 2. The van der Waals surface area contributed by atoms with E-state index < -0.39 is 11.6 Å². The van der Waals surface area contributed by atoms with E-state index >= 15 is 0 Å². The molecule has 1 aromatic rings.